The third kappa shape index (κ3) is 5.67. The smallest absolute Gasteiger partial charge is 0.381 e. The third-order valence-electron chi connectivity index (χ3n) is 2.68. The summed E-state index contributed by atoms with van der Waals surface area (Å²) in [5.74, 6) is 0. The van der Waals surface area contributed by atoms with Crippen molar-refractivity contribution in [3.63, 3.8) is 0 Å². The minimum atomic E-state index is -4.29. The molecule has 0 saturated carbocycles. The van der Waals surface area contributed by atoms with Gasteiger partial charge in [0.25, 0.3) is 0 Å². The highest BCUT2D eigenvalue weighted by molar-refractivity contribution is 4.84. The molecule has 0 amide bonds. The van der Waals surface area contributed by atoms with Gasteiger partial charge in [-0.2, -0.15) is 13.2 Å². The molecular formula is C10H18F3NO3. The Morgan fingerprint density at radius 1 is 1.18 bits per heavy atom. The summed E-state index contributed by atoms with van der Waals surface area (Å²) in [6.07, 6.45) is -2.95. The number of hydrogen-bond donors (Lipinski definition) is 1. The van der Waals surface area contributed by atoms with E-state index in [4.69, 9.17) is 15.2 Å². The van der Waals surface area contributed by atoms with Crippen LogP contribution >= 0.6 is 0 Å². The zero-order valence-electron chi connectivity index (χ0n) is 9.59. The minimum Gasteiger partial charge on any atom is -0.381 e. The SMILES string of the molecule is NCC1(OCCOCC(F)(F)F)CCOCC1. The van der Waals surface area contributed by atoms with Gasteiger partial charge in [0.05, 0.1) is 18.8 Å². The fourth-order valence-electron chi connectivity index (χ4n) is 1.66. The molecule has 1 rings (SSSR count). The van der Waals surface area contributed by atoms with Crippen LogP contribution in [0.25, 0.3) is 0 Å². The Morgan fingerprint density at radius 3 is 2.35 bits per heavy atom. The molecule has 0 aromatic carbocycles. The van der Waals surface area contributed by atoms with Gasteiger partial charge in [-0.15, -0.1) is 0 Å². The third-order valence-corrected chi connectivity index (χ3v) is 2.68. The summed E-state index contributed by atoms with van der Waals surface area (Å²) in [5, 5.41) is 0. The second-order valence-corrected chi connectivity index (χ2v) is 4.02. The van der Waals surface area contributed by atoms with Crippen LogP contribution in [0.4, 0.5) is 13.2 Å². The van der Waals surface area contributed by atoms with Gasteiger partial charge < -0.3 is 19.9 Å². The molecule has 1 aliphatic heterocycles. The molecule has 1 saturated heterocycles. The van der Waals surface area contributed by atoms with Crippen LogP contribution in [0.2, 0.25) is 0 Å². The van der Waals surface area contributed by atoms with Crippen LogP contribution in [-0.2, 0) is 14.2 Å². The van der Waals surface area contributed by atoms with Crippen LogP contribution in [0.5, 0.6) is 0 Å². The number of alkyl halides is 3. The summed E-state index contributed by atoms with van der Waals surface area (Å²) in [6, 6.07) is 0. The molecule has 4 nitrogen and oxygen atoms in total. The maximum Gasteiger partial charge on any atom is 0.411 e. The van der Waals surface area contributed by atoms with Gasteiger partial charge in [-0.1, -0.05) is 0 Å². The standard InChI is InChI=1S/C10H18F3NO3/c11-10(12,13)8-16-5-6-17-9(7-14)1-3-15-4-2-9/h1-8,14H2. The fraction of sp³-hybridized carbons (Fsp3) is 1.00. The number of hydrogen-bond acceptors (Lipinski definition) is 4. The van der Waals surface area contributed by atoms with Crippen molar-refractivity contribution >= 4 is 0 Å². The topological polar surface area (TPSA) is 53.7 Å². The molecule has 7 heteroatoms. The number of ether oxygens (including phenoxy) is 3. The molecular weight excluding hydrogens is 239 g/mol. The Labute approximate surface area is 98.2 Å². The van der Waals surface area contributed by atoms with Crippen molar-refractivity contribution in [1.29, 1.82) is 0 Å². The second kappa shape index (κ2) is 6.53. The summed E-state index contributed by atoms with van der Waals surface area (Å²) >= 11 is 0. The molecule has 0 unspecified atom stereocenters. The molecule has 1 heterocycles. The van der Waals surface area contributed by atoms with Gasteiger partial charge in [-0.3, -0.25) is 0 Å². The highest BCUT2D eigenvalue weighted by Gasteiger charge is 2.32. The predicted molar refractivity (Wildman–Crippen MR) is 54.7 cm³/mol. The maximum absolute atomic E-state index is 11.8. The lowest BCUT2D eigenvalue weighted by Gasteiger charge is -2.36. The van der Waals surface area contributed by atoms with Gasteiger partial charge in [0.15, 0.2) is 0 Å². The molecule has 102 valence electrons. The molecule has 0 spiro atoms. The summed E-state index contributed by atoms with van der Waals surface area (Å²) in [6.45, 7) is 0.279. The summed E-state index contributed by atoms with van der Waals surface area (Å²) in [5.41, 5.74) is 5.16. The van der Waals surface area contributed by atoms with Crippen molar-refractivity contribution < 1.29 is 27.4 Å². The Kier molecular flexibility index (Phi) is 5.64. The molecule has 0 atom stereocenters. The van der Waals surface area contributed by atoms with E-state index >= 15 is 0 Å². The van der Waals surface area contributed by atoms with Crippen molar-refractivity contribution in [1.82, 2.24) is 0 Å². The highest BCUT2D eigenvalue weighted by atomic mass is 19.4. The van der Waals surface area contributed by atoms with E-state index in [9.17, 15) is 13.2 Å². The van der Waals surface area contributed by atoms with Gasteiger partial charge in [0, 0.05) is 32.6 Å². The van der Waals surface area contributed by atoms with E-state index < -0.39 is 18.4 Å². The zero-order chi connectivity index (χ0) is 12.8. The molecule has 0 aromatic heterocycles. The number of rotatable bonds is 6. The van der Waals surface area contributed by atoms with Crippen LogP contribution in [0.3, 0.4) is 0 Å². The quantitative estimate of drug-likeness (QED) is 0.724. The van der Waals surface area contributed by atoms with Gasteiger partial charge in [-0.05, 0) is 0 Å². The number of halogens is 3. The summed E-state index contributed by atoms with van der Waals surface area (Å²) in [7, 11) is 0. The Morgan fingerprint density at radius 2 is 1.82 bits per heavy atom. The lowest BCUT2D eigenvalue weighted by atomic mass is 9.94. The van der Waals surface area contributed by atoms with Crippen molar-refractivity contribution in [2.45, 2.75) is 24.6 Å². The summed E-state index contributed by atoms with van der Waals surface area (Å²) < 4.78 is 50.5. The molecule has 0 aliphatic carbocycles. The largest absolute Gasteiger partial charge is 0.411 e. The van der Waals surface area contributed by atoms with E-state index in [1.165, 1.54) is 0 Å². The Bertz CT molecular complexity index is 217. The lowest BCUT2D eigenvalue weighted by molar-refractivity contribution is -0.182. The average Bonchev–Trinajstić information content (AvgIpc) is 2.28. The number of nitrogens with two attached hydrogens (primary N) is 1. The maximum atomic E-state index is 11.8. The van der Waals surface area contributed by atoms with Gasteiger partial charge >= 0.3 is 6.18 Å². The molecule has 17 heavy (non-hydrogen) atoms. The normalized spacial score (nSPS) is 20.5. The van der Waals surface area contributed by atoms with Gasteiger partial charge in [0.1, 0.15) is 6.61 Å². The van der Waals surface area contributed by atoms with Crippen molar-refractivity contribution in [3.8, 4) is 0 Å². The first-order valence-corrected chi connectivity index (χ1v) is 5.54. The molecule has 0 radical (unpaired) electrons. The van der Waals surface area contributed by atoms with E-state index in [0.717, 1.165) is 0 Å². The molecule has 1 aliphatic rings. The van der Waals surface area contributed by atoms with E-state index in [2.05, 4.69) is 4.74 Å². The Hall–Kier alpha value is -0.370. The molecule has 2 N–H and O–H groups in total. The van der Waals surface area contributed by atoms with E-state index in [0.29, 0.717) is 32.6 Å². The first kappa shape index (κ1) is 14.7. The Balaban J connectivity index is 2.15. The molecule has 1 fully saturated rings. The fourth-order valence-corrected chi connectivity index (χ4v) is 1.66. The minimum absolute atomic E-state index is 0.0812. The summed E-state index contributed by atoms with van der Waals surface area (Å²) in [4.78, 5) is 0. The zero-order valence-corrected chi connectivity index (χ0v) is 9.59. The van der Waals surface area contributed by atoms with Crippen molar-refractivity contribution in [3.05, 3.63) is 0 Å². The van der Waals surface area contributed by atoms with Crippen LogP contribution < -0.4 is 5.73 Å². The second-order valence-electron chi connectivity index (χ2n) is 4.02. The van der Waals surface area contributed by atoms with Crippen LogP contribution in [0, 0.1) is 0 Å². The lowest BCUT2D eigenvalue weighted by Crippen LogP contribution is -2.46. The van der Waals surface area contributed by atoms with Crippen LogP contribution in [-0.4, -0.2) is 51.4 Å². The predicted octanol–water partition coefficient (Wildman–Crippen LogP) is 1.09. The monoisotopic (exact) mass is 257 g/mol. The molecule has 0 bridgehead atoms. The van der Waals surface area contributed by atoms with Gasteiger partial charge in [-0.25, -0.2) is 0 Å². The first-order valence-electron chi connectivity index (χ1n) is 5.54. The first-order chi connectivity index (χ1) is 7.97. The van der Waals surface area contributed by atoms with E-state index in [1.54, 1.807) is 0 Å². The average molecular weight is 257 g/mol. The molecule has 0 aromatic rings. The van der Waals surface area contributed by atoms with E-state index in [1.807, 2.05) is 0 Å². The van der Waals surface area contributed by atoms with E-state index in [-0.39, 0.29) is 13.2 Å². The van der Waals surface area contributed by atoms with Crippen molar-refractivity contribution in [2.75, 3.05) is 39.6 Å². The van der Waals surface area contributed by atoms with Crippen molar-refractivity contribution in [2.24, 2.45) is 5.73 Å². The van der Waals surface area contributed by atoms with Crippen LogP contribution in [0.15, 0.2) is 0 Å². The van der Waals surface area contributed by atoms with Gasteiger partial charge in [0.2, 0.25) is 0 Å². The highest BCUT2D eigenvalue weighted by Crippen LogP contribution is 2.23. The van der Waals surface area contributed by atoms with Crippen LogP contribution in [0.1, 0.15) is 12.8 Å².